The molecule has 0 aromatic heterocycles. The molecule has 0 saturated carbocycles. The summed E-state index contributed by atoms with van der Waals surface area (Å²) in [5.41, 5.74) is 12.7. The molecule has 1 saturated heterocycles. The molecule has 10 heteroatoms. The van der Waals surface area contributed by atoms with Gasteiger partial charge in [-0.25, -0.2) is 9.18 Å². The summed E-state index contributed by atoms with van der Waals surface area (Å²) in [6.45, 7) is 1.99. The fourth-order valence-corrected chi connectivity index (χ4v) is 2.90. The predicted molar refractivity (Wildman–Crippen MR) is 112 cm³/mol. The first-order valence-corrected chi connectivity index (χ1v) is 9.08. The topological polar surface area (TPSA) is 135 Å². The second-order valence-corrected chi connectivity index (χ2v) is 6.61. The van der Waals surface area contributed by atoms with Gasteiger partial charge in [-0.3, -0.25) is 9.69 Å². The van der Waals surface area contributed by atoms with Gasteiger partial charge in [-0.2, -0.15) is 5.10 Å². The number of halogens is 1. The quantitative estimate of drug-likeness (QED) is 0.376. The van der Waals surface area contributed by atoms with Crippen molar-refractivity contribution in [2.75, 3.05) is 18.0 Å². The molecule has 1 unspecified atom stereocenters. The van der Waals surface area contributed by atoms with Crippen molar-refractivity contribution in [1.29, 1.82) is 0 Å². The van der Waals surface area contributed by atoms with Crippen LogP contribution in [0.25, 0.3) is 11.1 Å². The molecule has 156 valence electrons. The smallest absolute Gasteiger partial charge is 0.414 e. The molecule has 2 amide bonds. The normalized spacial score (nSPS) is 15.9. The van der Waals surface area contributed by atoms with Crippen molar-refractivity contribution in [3.8, 4) is 11.1 Å². The fraction of sp³-hybridized carbons (Fsp3) is 0.200. The summed E-state index contributed by atoms with van der Waals surface area (Å²) < 4.78 is 19.6. The van der Waals surface area contributed by atoms with E-state index in [1.54, 1.807) is 36.4 Å². The summed E-state index contributed by atoms with van der Waals surface area (Å²) in [4.78, 5) is 24.6. The number of guanidine groups is 1. The molecule has 1 fully saturated rings. The molecular formula is C20H21FN6O3. The number of nitrogens with one attached hydrogen (secondary N) is 1. The van der Waals surface area contributed by atoms with Gasteiger partial charge in [-0.1, -0.05) is 18.2 Å². The van der Waals surface area contributed by atoms with Gasteiger partial charge >= 0.3 is 6.09 Å². The molecule has 30 heavy (non-hydrogen) atoms. The van der Waals surface area contributed by atoms with Crippen molar-refractivity contribution < 1.29 is 18.7 Å². The number of ether oxygens (including phenoxy) is 1. The first-order chi connectivity index (χ1) is 14.3. The van der Waals surface area contributed by atoms with E-state index in [0.717, 1.165) is 5.56 Å². The number of benzene rings is 2. The number of nitrogens with two attached hydrogens (primary N) is 2. The number of amides is 2. The Morgan fingerprint density at radius 3 is 2.60 bits per heavy atom. The number of hydrogen-bond donors (Lipinski definition) is 3. The molecule has 0 radical (unpaired) electrons. The number of nitrogens with zero attached hydrogens (tertiary/aromatic N) is 3. The molecular weight excluding hydrogens is 391 g/mol. The Balaban J connectivity index is 1.71. The molecule has 2 aromatic rings. The monoisotopic (exact) mass is 412 g/mol. The standard InChI is InChI=1S/C20H21FN6O3/c1-12(28)24-10-17-11-27(20(29)30-17)16-6-4-13(5-7-16)14-2-3-15(18(21)8-14)9-25-26-19(22)23/h2-9,17H,10-11H2,1H3,(H,24,28)(H4,22,23,26). The number of rotatable bonds is 6. The van der Waals surface area contributed by atoms with Crippen molar-refractivity contribution in [3.63, 3.8) is 0 Å². The number of carbonyl (C=O) groups is 2. The lowest BCUT2D eigenvalue weighted by atomic mass is 10.0. The van der Waals surface area contributed by atoms with Crippen LogP contribution in [-0.2, 0) is 9.53 Å². The van der Waals surface area contributed by atoms with Crippen LogP contribution in [0.5, 0.6) is 0 Å². The Labute approximate surface area is 172 Å². The molecule has 1 aliphatic rings. The minimum Gasteiger partial charge on any atom is -0.442 e. The lowest BCUT2D eigenvalue weighted by Crippen LogP contribution is -2.33. The second kappa shape index (κ2) is 9.03. The van der Waals surface area contributed by atoms with Crippen molar-refractivity contribution in [2.24, 2.45) is 21.7 Å². The average molecular weight is 412 g/mol. The van der Waals surface area contributed by atoms with Crippen molar-refractivity contribution >= 4 is 29.9 Å². The maximum absolute atomic E-state index is 14.3. The largest absolute Gasteiger partial charge is 0.442 e. The maximum atomic E-state index is 14.3. The van der Waals surface area contributed by atoms with Crippen LogP contribution in [0, 0.1) is 5.82 Å². The highest BCUT2D eigenvalue weighted by molar-refractivity contribution is 5.90. The lowest BCUT2D eigenvalue weighted by Gasteiger charge is -2.14. The maximum Gasteiger partial charge on any atom is 0.414 e. The van der Waals surface area contributed by atoms with Gasteiger partial charge in [0.15, 0.2) is 0 Å². The van der Waals surface area contributed by atoms with Crippen LogP contribution in [0.2, 0.25) is 0 Å². The van der Waals surface area contributed by atoms with Crippen molar-refractivity contribution in [3.05, 3.63) is 53.8 Å². The summed E-state index contributed by atoms with van der Waals surface area (Å²) in [5.74, 6) is -0.878. The molecule has 0 spiro atoms. The fourth-order valence-electron chi connectivity index (χ4n) is 2.90. The van der Waals surface area contributed by atoms with Crippen molar-refractivity contribution in [1.82, 2.24) is 5.32 Å². The van der Waals surface area contributed by atoms with Crippen LogP contribution in [0.3, 0.4) is 0 Å². The summed E-state index contributed by atoms with van der Waals surface area (Å²) in [6, 6.07) is 11.8. The second-order valence-electron chi connectivity index (χ2n) is 6.61. The van der Waals surface area contributed by atoms with Gasteiger partial charge in [0.2, 0.25) is 11.9 Å². The van der Waals surface area contributed by atoms with Crippen LogP contribution in [-0.4, -0.2) is 43.4 Å². The SMILES string of the molecule is CC(=O)NCC1CN(c2ccc(-c3ccc(C=NN=C(N)N)c(F)c3)cc2)C(=O)O1. The van der Waals surface area contributed by atoms with Gasteiger partial charge in [0.1, 0.15) is 11.9 Å². The Morgan fingerprint density at radius 2 is 1.97 bits per heavy atom. The van der Waals surface area contributed by atoms with Gasteiger partial charge in [0.25, 0.3) is 0 Å². The first kappa shape index (κ1) is 20.8. The lowest BCUT2D eigenvalue weighted by molar-refractivity contribution is -0.119. The summed E-state index contributed by atoms with van der Waals surface area (Å²) >= 11 is 0. The minimum absolute atomic E-state index is 0.186. The van der Waals surface area contributed by atoms with E-state index in [1.165, 1.54) is 24.1 Å². The van der Waals surface area contributed by atoms with E-state index in [9.17, 15) is 14.0 Å². The van der Waals surface area contributed by atoms with E-state index in [0.29, 0.717) is 17.8 Å². The number of carbonyl (C=O) groups excluding carboxylic acids is 2. The average Bonchev–Trinajstić information content (AvgIpc) is 3.08. The van der Waals surface area contributed by atoms with Gasteiger partial charge in [0.05, 0.1) is 19.3 Å². The summed E-state index contributed by atoms with van der Waals surface area (Å²) in [6.07, 6.45) is 0.329. The van der Waals surface area contributed by atoms with Crippen LogP contribution in [0.4, 0.5) is 14.9 Å². The summed E-state index contributed by atoms with van der Waals surface area (Å²) in [5, 5.41) is 9.66. The van der Waals surface area contributed by atoms with Crippen LogP contribution in [0.1, 0.15) is 12.5 Å². The molecule has 1 atom stereocenters. The third-order valence-corrected chi connectivity index (χ3v) is 4.34. The van der Waals surface area contributed by atoms with E-state index in [-0.39, 0.29) is 24.0 Å². The van der Waals surface area contributed by atoms with Crippen LogP contribution in [0.15, 0.2) is 52.7 Å². The highest BCUT2D eigenvalue weighted by Gasteiger charge is 2.32. The number of cyclic esters (lactones) is 1. The molecule has 0 aliphatic carbocycles. The zero-order valence-electron chi connectivity index (χ0n) is 16.2. The van der Waals surface area contributed by atoms with E-state index in [4.69, 9.17) is 16.2 Å². The molecule has 2 aromatic carbocycles. The van der Waals surface area contributed by atoms with Crippen LogP contribution < -0.4 is 21.7 Å². The third kappa shape index (κ3) is 5.10. The van der Waals surface area contributed by atoms with Gasteiger partial charge < -0.3 is 21.5 Å². The van der Waals surface area contributed by atoms with Gasteiger partial charge in [-0.05, 0) is 35.4 Å². The Hall–Kier alpha value is -3.95. The number of hydrogen-bond acceptors (Lipinski definition) is 5. The van der Waals surface area contributed by atoms with E-state index in [2.05, 4.69) is 15.5 Å². The van der Waals surface area contributed by atoms with E-state index >= 15 is 0 Å². The number of anilines is 1. The van der Waals surface area contributed by atoms with E-state index in [1.807, 2.05) is 0 Å². The highest BCUT2D eigenvalue weighted by Crippen LogP contribution is 2.27. The Morgan fingerprint density at radius 1 is 1.27 bits per heavy atom. The summed E-state index contributed by atoms with van der Waals surface area (Å²) in [7, 11) is 0. The molecule has 5 N–H and O–H groups in total. The third-order valence-electron chi connectivity index (χ3n) is 4.34. The predicted octanol–water partition coefficient (Wildman–Crippen LogP) is 1.56. The highest BCUT2D eigenvalue weighted by atomic mass is 19.1. The zero-order valence-corrected chi connectivity index (χ0v) is 16.2. The Bertz CT molecular complexity index is 1000. The molecule has 9 nitrogen and oxygen atoms in total. The molecule has 1 aliphatic heterocycles. The molecule has 0 bridgehead atoms. The molecule has 1 heterocycles. The van der Waals surface area contributed by atoms with Gasteiger partial charge in [0, 0.05) is 18.2 Å². The minimum atomic E-state index is -0.478. The van der Waals surface area contributed by atoms with Crippen LogP contribution >= 0.6 is 0 Å². The zero-order chi connectivity index (χ0) is 21.7. The Kier molecular flexibility index (Phi) is 6.26. The van der Waals surface area contributed by atoms with E-state index < -0.39 is 18.0 Å². The van der Waals surface area contributed by atoms with Gasteiger partial charge in [-0.15, -0.1) is 5.10 Å². The first-order valence-electron chi connectivity index (χ1n) is 9.08. The van der Waals surface area contributed by atoms with Crippen molar-refractivity contribution in [2.45, 2.75) is 13.0 Å². The molecule has 3 rings (SSSR count).